The Morgan fingerprint density at radius 3 is 2.65 bits per heavy atom. The Balaban J connectivity index is 3.00. The second-order valence-electron chi connectivity index (χ2n) is 4.12. The molecule has 20 heavy (non-hydrogen) atoms. The second kappa shape index (κ2) is 7.40. The van der Waals surface area contributed by atoms with Gasteiger partial charge in [0.15, 0.2) is 0 Å². The third-order valence-electron chi connectivity index (χ3n) is 2.65. The van der Waals surface area contributed by atoms with Gasteiger partial charge in [0.05, 0.1) is 17.5 Å². The number of hydrogen-bond acceptors (Lipinski definition) is 4. The van der Waals surface area contributed by atoms with E-state index >= 15 is 0 Å². The van der Waals surface area contributed by atoms with Gasteiger partial charge in [-0.15, -0.1) is 0 Å². The molecule has 0 bridgehead atoms. The van der Waals surface area contributed by atoms with Gasteiger partial charge < -0.3 is 10.1 Å². The molecule has 1 rings (SSSR count). The molecule has 0 saturated carbocycles. The Morgan fingerprint density at radius 2 is 2.15 bits per heavy atom. The molecule has 1 aromatic rings. The fourth-order valence-electron chi connectivity index (χ4n) is 1.56. The number of benzene rings is 1. The Labute approximate surface area is 131 Å². The summed E-state index contributed by atoms with van der Waals surface area (Å²) in [5.41, 5.74) is 0.224. The second-order valence-corrected chi connectivity index (χ2v) is 7.51. The van der Waals surface area contributed by atoms with Crippen molar-refractivity contribution in [2.45, 2.75) is 24.3 Å². The van der Waals surface area contributed by atoms with Crippen molar-refractivity contribution in [3.05, 3.63) is 28.2 Å². The van der Waals surface area contributed by atoms with Gasteiger partial charge >= 0.3 is 0 Å². The number of carbonyl (C=O) groups is 1. The van der Waals surface area contributed by atoms with Gasteiger partial charge in [-0.25, -0.2) is 8.42 Å². The number of carbonyl (C=O) groups excluding carboxylic acids is 1. The minimum atomic E-state index is -3.91. The van der Waals surface area contributed by atoms with Crippen LogP contribution >= 0.6 is 26.6 Å². The number of nitrogens with one attached hydrogen (secondary N) is 1. The highest BCUT2D eigenvalue weighted by Gasteiger charge is 2.18. The number of halogens is 2. The van der Waals surface area contributed by atoms with E-state index in [1.54, 1.807) is 7.11 Å². The molecule has 0 aromatic heterocycles. The molecule has 5 nitrogen and oxygen atoms in total. The van der Waals surface area contributed by atoms with Crippen molar-refractivity contribution in [1.82, 2.24) is 5.32 Å². The van der Waals surface area contributed by atoms with Crippen LogP contribution in [0.4, 0.5) is 0 Å². The first kappa shape index (κ1) is 17.4. The van der Waals surface area contributed by atoms with E-state index in [1.165, 1.54) is 18.2 Å². The molecule has 1 atom stereocenters. The summed E-state index contributed by atoms with van der Waals surface area (Å²) in [6.45, 7) is 2.31. The SMILES string of the molecule is CCC(COC)NC(=O)c1ccc(Br)c(S(=O)(=O)Cl)c1. The summed E-state index contributed by atoms with van der Waals surface area (Å²) in [7, 11) is 2.95. The lowest BCUT2D eigenvalue weighted by Crippen LogP contribution is -2.37. The van der Waals surface area contributed by atoms with Crippen LogP contribution in [0.15, 0.2) is 27.6 Å². The summed E-state index contributed by atoms with van der Waals surface area (Å²) in [6, 6.07) is 4.10. The van der Waals surface area contributed by atoms with Crippen molar-refractivity contribution in [3.63, 3.8) is 0 Å². The summed E-state index contributed by atoms with van der Waals surface area (Å²) in [4.78, 5) is 11.9. The summed E-state index contributed by atoms with van der Waals surface area (Å²) in [5.74, 6) is -0.372. The van der Waals surface area contributed by atoms with Crippen molar-refractivity contribution >= 4 is 41.6 Å². The van der Waals surface area contributed by atoms with Crippen molar-refractivity contribution in [3.8, 4) is 0 Å². The minimum absolute atomic E-state index is 0.132. The van der Waals surface area contributed by atoms with Gasteiger partial charge in [0, 0.05) is 27.8 Å². The fourth-order valence-corrected chi connectivity index (χ4v) is 3.68. The maximum atomic E-state index is 12.1. The van der Waals surface area contributed by atoms with Crippen LogP contribution in [-0.4, -0.2) is 34.1 Å². The molecular formula is C12H15BrClNO4S. The molecule has 1 N–H and O–H groups in total. The number of amides is 1. The van der Waals surface area contributed by atoms with E-state index in [0.717, 1.165) is 0 Å². The van der Waals surface area contributed by atoms with Crippen molar-refractivity contribution < 1.29 is 17.9 Å². The normalized spacial score (nSPS) is 13.0. The summed E-state index contributed by atoms with van der Waals surface area (Å²) >= 11 is 3.09. The third-order valence-corrected chi connectivity index (χ3v) is 4.97. The first-order valence-corrected chi connectivity index (χ1v) is 8.93. The van der Waals surface area contributed by atoms with Gasteiger partial charge in [-0.05, 0) is 40.5 Å². The van der Waals surface area contributed by atoms with Crippen molar-refractivity contribution in [1.29, 1.82) is 0 Å². The first-order valence-electron chi connectivity index (χ1n) is 5.83. The Bertz CT molecular complexity index is 591. The van der Waals surface area contributed by atoms with Crippen LogP contribution in [0.5, 0.6) is 0 Å². The van der Waals surface area contributed by atoms with Crippen LogP contribution in [0.3, 0.4) is 0 Å². The van der Waals surface area contributed by atoms with Crippen LogP contribution in [-0.2, 0) is 13.8 Å². The lowest BCUT2D eigenvalue weighted by atomic mass is 10.2. The first-order chi connectivity index (χ1) is 9.29. The average molecular weight is 385 g/mol. The minimum Gasteiger partial charge on any atom is -0.383 e. The molecule has 112 valence electrons. The van der Waals surface area contributed by atoms with Crippen LogP contribution in [0, 0.1) is 0 Å². The molecule has 1 unspecified atom stereocenters. The molecule has 1 amide bonds. The van der Waals surface area contributed by atoms with E-state index in [0.29, 0.717) is 17.5 Å². The van der Waals surface area contributed by atoms with Gasteiger partial charge in [0.25, 0.3) is 15.0 Å². The molecule has 0 aliphatic heterocycles. The predicted molar refractivity (Wildman–Crippen MR) is 80.6 cm³/mol. The largest absolute Gasteiger partial charge is 0.383 e. The molecule has 0 radical (unpaired) electrons. The van der Waals surface area contributed by atoms with Gasteiger partial charge in [-0.2, -0.15) is 0 Å². The molecule has 0 heterocycles. The molecule has 0 saturated heterocycles. The van der Waals surface area contributed by atoms with Crippen LogP contribution in [0.2, 0.25) is 0 Å². The Hall–Kier alpha value is -0.630. The summed E-state index contributed by atoms with van der Waals surface area (Å²) < 4.78 is 28.1. The highest BCUT2D eigenvalue weighted by molar-refractivity contribution is 9.10. The maximum absolute atomic E-state index is 12.1. The molecule has 0 spiro atoms. The fraction of sp³-hybridized carbons (Fsp3) is 0.417. The number of hydrogen-bond donors (Lipinski definition) is 1. The van der Waals surface area contributed by atoms with Gasteiger partial charge in [-0.1, -0.05) is 6.92 Å². The Morgan fingerprint density at radius 1 is 1.50 bits per heavy atom. The molecule has 8 heteroatoms. The highest BCUT2D eigenvalue weighted by atomic mass is 79.9. The van der Waals surface area contributed by atoms with Crippen LogP contribution in [0.25, 0.3) is 0 Å². The molecule has 0 fully saturated rings. The predicted octanol–water partition coefficient (Wildman–Crippen LogP) is 2.53. The number of methoxy groups -OCH3 is 1. The average Bonchev–Trinajstić information content (AvgIpc) is 2.37. The van der Waals surface area contributed by atoms with Crippen molar-refractivity contribution in [2.75, 3.05) is 13.7 Å². The summed E-state index contributed by atoms with van der Waals surface area (Å²) in [5, 5.41) is 2.76. The quantitative estimate of drug-likeness (QED) is 0.765. The summed E-state index contributed by atoms with van der Waals surface area (Å²) in [6.07, 6.45) is 0.705. The van der Waals surface area contributed by atoms with E-state index in [1.807, 2.05) is 6.92 Å². The smallest absolute Gasteiger partial charge is 0.262 e. The monoisotopic (exact) mass is 383 g/mol. The Kier molecular flexibility index (Phi) is 6.44. The van der Waals surface area contributed by atoms with E-state index in [-0.39, 0.29) is 22.4 Å². The molecule has 0 aliphatic rings. The molecule has 1 aromatic carbocycles. The third kappa shape index (κ3) is 4.73. The van der Waals surface area contributed by atoms with Crippen LogP contribution in [0.1, 0.15) is 23.7 Å². The highest BCUT2D eigenvalue weighted by Crippen LogP contribution is 2.26. The number of rotatable bonds is 6. The van der Waals surface area contributed by atoms with Crippen molar-refractivity contribution in [2.24, 2.45) is 0 Å². The van der Waals surface area contributed by atoms with Gasteiger partial charge in [0.1, 0.15) is 0 Å². The molecule has 0 aliphatic carbocycles. The van der Waals surface area contributed by atoms with E-state index in [2.05, 4.69) is 21.2 Å². The lowest BCUT2D eigenvalue weighted by molar-refractivity contribution is 0.0894. The van der Waals surface area contributed by atoms with E-state index in [4.69, 9.17) is 15.4 Å². The zero-order chi connectivity index (χ0) is 15.3. The molecular weight excluding hydrogens is 370 g/mol. The maximum Gasteiger partial charge on any atom is 0.262 e. The standard InChI is InChI=1S/C12H15BrClNO4S/c1-3-9(7-19-2)15-12(16)8-4-5-10(13)11(6-8)20(14,17)18/h4-6,9H,3,7H2,1-2H3,(H,15,16). The zero-order valence-corrected chi connectivity index (χ0v) is 14.2. The lowest BCUT2D eigenvalue weighted by Gasteiger charge is -2.16. The van der Waals surface area contributed by atoms with Gasteiger partial charge in [-0.3, -0.25) is 4.79 Å². The topological polar surface area (TPSA) is 72.5 Å². The van der Waals surface area contributed by atoms with Gasteiger partial charge in [0.2, 0.25) is 0 Å². The van der Waals surface area contributed by atoms with Crippen LogP contribution < -0.4 is 5.32 Å². The van der Waals surface area contributed by atoms with E-state index in [9.17, 15) is 13.2 Å². The van der Waals surface area contributed by atoms with E-state index < -0.39 is 9.05 Å². The number of ether oxygens (including phenoxy) is 1. The zero-order valence-electron chi connectivity index (χ0n) is 11.0.